The Morgan fingerprint density at radius 3 is 3.00 bits per heavy atom. The van der Waals surface area contributed by atoms with Crippen LogP contribution < -0.4 is 0 Å². The van der Waals surface area contributed by atoms with E-state index in [1.165, 1.54) is 10.9 Å². The van der Waals surface area contributed by atoms with Gasteiger partial charge in [-0.05, 0) is 13.8 Å². The molecule has 0 radical (unpaired) electrons. The van der Waals surface area contributed by atoms with Gasteiger partial charge < -0.3 is 14.7 Å². The van der Waals surface area contributed by atoms with Crippen LogP contribution in [-0.4, -0.2) is 62.3 Å². The van der Waals surface area contributed by atoms with Crippen LogP contribution >= 0.6 is 0 Å². The number of amides is 1. The number of aliphatic hydroxyl groups is 1. The summed E-state index contributed by atoms with van der Waals surface area (Å²) in [5, 5.41) is 16.6. The maximum Gasteiger partial charge on any atom is 0.244 e. The van der Waals surface area contributed by atoms with E-state index >= 15 is 0 Å². The molecule has 0 spiro atoms. The van der Waals surface area contributed by atoms with Crippen molar-refractivity contribution in [2.24, 2.45) is 0 Å². The van der Waals surface area contributed by atoms with Crippen LogP contribution in [0.2, 0.25) is 0 Å². The molecule has 1 atom stereocenters. The molecule has 100 valence electrons. The predicted molar refractivity (Wildman–Crippen MR) is 62.6 cm³/mol. The average Bonchev–Trinajstić information content (AvgIpc) is 2.79. The average molecular weight is 254 g/mol. The molecular formula is C11H18N4O3. The van der Waals surface area contributed by atoms with Crippen molar-refractivity contribution in [3.63, 3.8) is 0 Å². The lowest BCUT2D eigenvalue weighted by Crippen LogP contribution is -2.56. The van der Waals surface area contributed by atoms with E-state index in [2.05, 4.69) is 10.3 Å². The lowest BCUT2D eigenvalue weighted by Gasteiger charge is -2.42. The number of aliphatic hydroxyl groups excluding tert-OH is 1. The van der Waals surface area contributed by atoms with Gasteiger partial charge in [0.05, 0.1) is 24.5 Å². The van der Waals surface area contributed by atoms with Crippen molar-refractivity contribution in [3.05, 3.63) is 12.4 Å². The summed E-state index contributed by atoms with van der Waals surface area (Å²) in [6, 6.07) is 0. The van der Waals surface area contributed by atoms with Gasteiger partial charge in [0.2, 0.25) is 5.91 Å². The molecule has 1 saturated heterocycles. The fourth-order valence-corrected chi connectivity index (χ4v) is 2.14. The standard InChI is InChI=1S/C11H18N4O3/c1-11(2)8-14(5-9(7-16)18-11)10(17)6-15-4-3-12-13-15/h3-4,9,16H,5-8H2,1-2H3. The van der Waals surface area contributed by atoms with E-state index in [4.69, 9.17) is 4.74 Å². The van der Waals surface area contributed by atoms with Crippen LogP contribution in [0.3, 0.4) is 0 Å². The van der Waals surface area contributed by atoms with Crippen LogP contribution in [0.25, 0.3) is 0 Å². The van der Waals surface area contributed by atoms with Crippen molar-refractivity contribution in [1.29, 1.82) is 0 Å². The highest BCUT2D eigenvalue weighted by Gasteiger charge is 2.35. The quantitative estimate of drug-likeness (QED) is 0.769. The third-order valence-corrected chi connectivity index (χ3v) is 2.81. The third kappa shape index (κ3) is 3.05. The maximum absolute atomic E-state index is 12.1. The Kier molecular flexibility index (Phi) is 3.63. The summed E-state index contributed by atoms with van der Waals surface area (Å²) >= 11 is 0. The van der Waals surface area contributed by atoms with E-state index in [9.17, 15) is 9.90 Å². The highest BCUT2D eigenvalue weighted by molar-refractivity contribution is 5.76. The Bertz CT molecular complexity index is 404. The van der Waals surface area contributed by atoms with Gasteiger partial charge in [-0.15, -0.1) is 5.10 Å². The Morgan fingerprint density at radius 2 is 2.39 bits per heavy atom. The largest absolute Gasteiger partial charge is 0.394 e. The molecule has 18 heavy (non-hydrogen) atoms. The summed E-state index contributed by atoms with van der Waals surface area (Å²) in [7, 11) is 0. The molecule has 1 amide bonds. The minimum atomic E-state index is -0.441. The molecular weight excluding hydrogens is 236 g/mol. The molecule has 1 unspecified atom stereocenters. The highest BCUT2D eigenvalue weighted by Crippen LogP contribution is 2.21. The number of nitrogens with zero attached hydrogens (tertiary/aromatic N) is 4. The van der Waals surface area contributed by atoms with Crippen LogP contribution in [0, 0.1) is 0 Å². The SMILES string of the molecule is CC1(C)CN(C(=O)Cn2ccnn2)CC(CO)O1. The Morgan fingerprint density at radius 1 is 1.61 bits per heavy atom. The summed E-state index contributed by atoms with van der Waals surface area (Å²) in [4.78, 5) is 13.8. The first-order valence-corrected chi connectivity index (χ1v) is 5.91. The topological polar surface area (TPSA) is 80.5 Å². The molecule has 1 aromatic heterocycles. The second-order valence-corrected chi connectivity index (χ2v) is 5.06. The summed E-state index contributed by atoms with van der Waals surface area (Å²) in [5.41, 5.74) is -0.441. The lowest BCUT2D eigenvalue weighted by molar-refractivity contribution is -0.167. The smallest absolute Gasteiger partial charge is 0.244 e. The summed E-state index contributed by atoms with van der Waals surface area (Å²) in [6.45, 7) is 4.81. The van der Waals surface area contributed by atoms with Gasteiger partial charge in [0.25, 0.3) is 0 Å². The Hall–Kier alpha value is -1.47. The van der Waals surface area contributed by atoms with Crippen molar-refractivity contribution in [2.45, 2.75) is 32.1 Å². The fraction of sp³-hybridized carbons (Fsp3) is 0.727. The summed E-state index contributed by atoms with van der Waals surface area (Å²) in [6.07, 6.45) is 2.86. The number of morpholine rings is 1. The molecule has 1 N–H and O–H groups in total. The lowest BCUT2D eigenvalue weighted by atomic mass is 10.1. The van der Waals surface area contributed by atoms with Gasteiger partial charge in [0.15, 0.2) is 0 Å². The van der Waals surface area contributed by atoms with Gasteiger partial charge in [-0.2, -0.15) is 0 Å². The van der Waals surface area contributed by atoms with Crippen LogP contribution in [0.15, 0.2) is 12.4 Å². The van der Waals surface area contributed by atoms with Gasteiger partial charge in [-0.1, -0.05) is 5.21 Å². The third-order valence-electron chi connectivity index (χ3n) is 2.81. The molecule has 7 heteroatoms. The molecule has 2 rings (SSSR count). The molecule has 1 fully saturated rings. The molecule has 2 heterocycles. The van der Waals surface area contributed by atoms with E-state index in [-0.39, 0.29) is 25.2 Å². The van der Waals surface area contributed by atoms with Crippen molar-refractivity contribution >= 4 is 5.91 Å². The van der Waals surface area contributed by atoms with Crippen LogP contribution in [-0.2, 0) is 16.1 Å². The van der Waals surface area contributed by atoms with Gasteiger partial charge in [0, 0.05) is 19.3 Å². The minimum Gasteiger partial charge on any atom is -0.394 e. The molecule has 1 aromatic rings. The Balaban J connectivity index is 2.00. The van der Waals surface area contributed by atoms with E-state index in [1.807, 2.05) is 13.8 Å². The van der Waals surface area contributed by atoms with Crippen molar-refractivity contribution in [2.75, 3.05) is 19.7 Å². The zero-order valence-electron chi connectivity index (χ0n) is 10.6. The zero-order valence-corrected chi connectivity index (χ0v) is 10.6. The van der Waals surface area contributed by atoms with Crippen molar-refractivity contribution in [3.8, 4) is 0 Å². The molecule has 0 bridgehead atoms. The number of aromatic nitrogens is 3. The number of ether oxygens (including phenoxy) is 1. The van der Waals surface area contributed by atoms with E-state index in [0.717, 1.165) is 0 Å². The second kappa shape index (κ2) is 5.03. The molecule has 7 nitrogen and oxygen atoms in total. The molecule has 1 aliphatic heterocycles. The van der Waals surface area contributed by atoms with Gasteiger partial charge >= 0.3 is 0 Å². The Labute approximate surface area is 105 Å². The number of hydrogen-bond acceptors (Lipinski definition) is 5. The van der Waals surface area contributed by atoms with Crippen LogP contribution in [0.5, 0.6) is 0 Å². The van der Waals surface area contributed by atoms with Gasteiger partial charge in [-0.3, -0.25) is 4.79 Å². The number of carbonyl (C=O) groups excluding carboxylic acids is 1. The first-order valence-electron chi connectivity index (χ1n) is 5.91. The van der Waals surface area contributed by atoms with E-state index in [0.29, 0.717) is 13.1 Å². The van der Waals surface area contributed by atoms with Crippen molar-refractivity contribution in [1.82, 2.24) is 19.9 Å². The van der Waals surface area contributed by atoms with Crippen molar-refractivity contribution < 1.29 is 14.6 Å². The summed E-state index contributed by atoms with van der Waals surface area (Å²) in [5.74, 6) is -0.0460. The normalized spacial score (nSPS) is 23.1. The molecule has 1 aliphatic rings. The first-order chi connectivity index (χ1) is 8.50. The van der Waals surface area contributed by atoms with Crippen LogP contribution in [0.1, 0.15) is 13.8 Å². The van der Waals surface area contributed by atoms with E-state index < -0.39 is 5.60 Å². The molecule has 0 saturated carbocycles. The fourth-order valence-electron chi connectivity index (χ4n) is 2.14. The number of rotatable bonds is 3. The number of hydrogen-bond donors (Lipinski definition) is 1. The maximum atomic E-state index is 12.1. The number of carbonyl (C=O) groups is 1. The molecule has 0 aliphatic carbocycles. The second-order valence-electron chi connectivity index (χ2n) is 5.06. The summed E-state index contributed by atoms with van der Waals surface area (Å²) < 4.78 is 7.14. The predicted octanol–water partition coefficient (Wildman–Crippen LogP) is -0.724. The monoisotopic (exact) mass is 254 g/mol. The first kappa shape index (κ1) is 13.0. The van der Waals surface area contributed by atoms with Gasteiger partial charge in [-0.25, -0.2) is 4.68 Å². The zero-order chi connectivity index (χ0) is 13.2. The molecule has 0 aromatic carbocycles. The van der Waals surface area contributed by atoms with E-state index in [1.54, 1.807) is 11.1 Å². The highest BCUT2D eigenvalue weighted by atomic mass is 16.5. The minimum absolute atomic E-state index is 0.0460. The van der Waals surface area contributed by atoms with Gasteiger partial charge in [0.1, 0.15) is 6.54 Å². The van der Waals surface area contributed by atoms with Crippen LogP contribution in [0.4, 0.5) is 0 Å².